The first-order valence-corrected chi connectivity index (χ1v) is 9.21. The van der Waals surface area contributed by atoms with E-state index >= 15 is 0 Å². The van der Waals surface area contributed by atoms with Gasteiger partial charge in [0.2, 0.25) is 0 Å². The molecule has 0 saturated heterocycles. The molecule has 0 spiro atoms. The lowest BCUT2D eigenvalue weighted by molar-refractivity contribution is -0.0682. The third kappa shape index (κ3) is 2.98. The number of nitrogens with one attached hydrogen (secondary N) is 2. The minimum Gasteiger partial charge on any atom is -0.335 e. The second-order valence-electron chi connectivity index (χ2n) is 8.31. The second kappa shape index (κ2) is 5.85. The maximum atomic E-state index is 12.3. The standard InChI is InChI=1S/C20H28N2O/c1-14(22-19(23)21-13-15-5-3-2-4-6-15)20-10-16-7-17(11-20)9-18(8-16)12-20/h2-6,14,16-18H,7-13H2,1H3,(H2,21,22,23). The topological polar surface area (TPSA) is 41.1 Å². The molecule has 4 fully saturated rings. The Labute approximate surface area is 139 Å². The molecule has 3 heteroatoms. The number of amides is 2. The fourth-order valence-corrected chi connectivity index (χ4v) is 5.89. The van der Waals surface area contributed by atoms with Gasteiger partial charge in [0.15, 0.2) is 0 Å². The van der Waals surface area contributed by atoms with Gasteiger partial charge in [0, 0.05) is 12.6 Å². The molecule has 0 aromatic heterocycles. The summed E-state index contributed by atoms with van der Waals surface area (Å²) in [6.07, 6.45) is 8.35. The summed E-state index contributed by atoms with van der Waals surface area (Å²) in [7, 11) is 0. The van der Waals surface area contributed by atoms with Crippen LogP contribution in [-0.4, -0.2) is 12.1 Å². The summed E-state index contributed by atoms with van der Waals surface area (Å²) < 4.78 is 0. The Balaban J connectivity index is 1.34. The van der Waals surface area contributed by atoms with E-state index in [2.05, 4.69) is 17.6 Å². The first-order chi connectivity index (χ1) is 11.1. The highest BCUT2D eigenvalue weighted by molar-refractivity contribution is 5.74. The summed E-state index contributed by atoms with van der Waals surface area (Å²) >= 11 is 0. The van der Waals surface area contributed by atoms with E-state index < -0.39 is 0 Å². The van der Waals surface area contributed by atoms with Crippen LogP contribution in [0.25, 0.3) is 0 Å². The largest absolute Gasteiger partial charge is 0.335 e. The third-order valence-electron chi connectivity index (χ3n) is 6.65. The van der Waals surface area contributed by atoms with Crippen molar-refractivity contribution in [2.24, 2.45) is 23.2 Å². The lowest BCUT2D eigenvalue weighted by Crippen LogP contribution is -2.57. The molecule has 2 amide bonds. The Morgan fingerprint density at radius 3 is 2.22 bits per heavy atom. The first kappa shape index (κ1) is 15.0. The van der Waals surface area contributed by atoms with Gasteiger partial charge < -0.3 is 10.6 Å². The maximum Gasteiger partial charge on any atom is 0.315 e. The van der Waals surface area contributed by atoms with Crippen molar-refractivity contribution >= 4 is 6.03 Å². The molecule has 124 valence electrons. The van der Waals surface area contributed by atoms with E-state index in [1.165, 1.54) is 38.5 Å². The molecule has 1 unspecified atom stereocenters. The summed E-state index contributed by atoms with van der Waals surface area (Å²) in [4.78, 5) is 12.3. The van der Waals surface area contributed by atoms with Gasteiger partial charge in [-0.1, -0.05) is 30.3 Å². The van der Waals surface area contributed by atoms with Crippen molar-refractivity contribution in [3.05, 3.63) is 35.9 Å². The third-order valence-corrected chi connectivity index (χ3v) is 6.65. The van der Waals surface area contributed by atoms with Crippen LogP contribution < -0.4 is 10.6 Å². The molecule has 1 aromatic rings. The molecular formula is C20H28N2O. The molecule has 0 aliphatic heterocycles. The van der Waals surface area contributed by atoms with Crippen molar-refractivity contribution in [1.82, 2.24) is 10.6 Å². The van der Waals surface area contributed by atoms with Gasteiger partial charge in [-0.25, -0.2) is 4.79 Å². The van der Waals surface area contributed by atoms with E-state index in [0.717, 1.165) is 23.3 Å². The minimum absolute atomic E-state index is 0.0166. The molecule has 23 heavy (non-hydrogen) atoms. The van der Waals surface area contributed by atoms with Gasteiger partial charge in [0.1, 0.15) is 0 Å². The lowest BCUT2D eigenvalue weighted by atomic mass is 9.48. The van der Waals surface area contributed by atoms with E-state index in [1.807, 2.05) is 30.3 Å². The Hall–Kier alpha value is -1.51. The molecule has 0 radical (unpaired) electrons. The Morgan fingerprint density at radius 1 is 1.09 bits per heavy atom. The highest BCUT2D eigenvalue weighted by Gasteiger charge is 2.53. The molecule has 3 nitrogen and oxygen atoms in total. The van der Waals surface area contributed by atoms with Gasteiger partial charge in [-0.05, 0) is 74.2 Å². The molecule has 4 bridgehead atoms. The van der Waals surface area contributed by atoms with Gasteiger partial charge in [-0.15, -0.1) is 0 Å². The Bertz CT molecular complexity index is 533. The SMILES string of the molecule is CC(NC(=O)NCc1ccccc1)C12CC3CC(CC(C3)C1)C2. The number of benzene rings is 1. The van der Waals surface area contributed by atoms with Crippen LogP contribution in [0, 0.1) is 23.2 Å². The van der Waals surface area contributed by atoms with Crippen molar-refractivity contribution in [2.75, 3.05) is 0 Å². The maximum absolute atomic E-state index is 12.3. The van der Waals surface area contributed by atoms with E-state index in [1.54, 1.807) is 0 Å². The van der Waals surface area contributed by atoms with Crippen molar-refractivity contribution in [2.45, 2.75) is 58.0 Å². The summed E-state index contributed by atoms with van der Waals surface area (Å²) in [5.41, 5.74) is 1.52. The van der Waals surface area contributed by atoms with Gasteiger partial charge >= 0.3 is 6.03 Å². The van der Waals surface area contributed by atoms with Crippen LogP contribution in [0.1, 0.15) is 51.0 Å². The number of rotatable bonds is 4. The van der Waals surface area contributed by atoms with Gasteiger partial charge in [-0.2, -0.15) is 0 Å². The highest BCUT2D eigenvalue weighted by atomic mass is 16.2. The number of urea groups is 1. The fourth-order valence-electron chi connectivity index (χ4n) is 5.89. The molecule has 4 aliphatic rings. The smallest absolute Gasteiger partial charge is 0.315 e. The summed E-state index contributed by atoms with van der Waals surface area (Å²) in [5, 5.41) is 6.27. The van der Waals surface area contributed by atoms with E-state index in [4.69, 9.17) is 0 Å². The summed E-state index contributed by atoms with van der Waals surface area (Å²) in [6, 6.07) is 10.4. The van der Waals surface area contributed by atoms with Crippen molar-refractivity contribution in [1.29, 1.82) is 0 Å². The number of hydrogen-bond acceptors (Lipinski definition) is 1. The van der Waals surface area contributed by atoms with E-state index in [-0.39, 0.29) is 12.1 Å². The van der Waals surface area contributed by atoms with Crippen LogP contribution in [0.4, 0.5) is 4.79 Å². The predicted molar refractivity (Wildman–Crippen MR) is 91.9 cm³/mol. The number of carbonyl (C=O) groups is 1. The van der Waals surface area contributed by atoms with E-state index in [9.17, 15) is 4.79 Å². The van der Waals surface area contributed by atoms with Crippen LogP contribution in [0.15, 0.2) is 30.3 Å². The predicted octanol–water partition coefficient (Wildman–Crippen LogP) is 4.09. The van der Waals surface area contributed by atoms with Crippen LogP contribution in [-0.2, 0) is 6.54 Å². The van der Waals surface area contributed by atoms with Gasteiger partial charge in [0.25, 0.3) is 0 Å². The number of carbonyl (C=O) groups excluding carboxylic acids is 1. The monoisotopic (exact) mass is 312 g/mol. The van der Waals surface area contributed by atoms with Crippen LogP contribution in [0.3, 0.4) is 0 Å². The summed E-state index contributed by atoms with van der Waals surface area (Å²) in [5.74, 6) is 2.79. The van der Waals surface area contributed by atoms with Gasteiger partial charge in [0.05, 0.1) is 0 Å². The fraction of sp³-hybridized carbons (Fsp3) is 0.650. The van der Waals surface area contributed by atoms with Crippen molar-refractivity contribution in [3.8, 4) is 0 Å². The average Bonchev–Trinajstić information content (AvgIpc) is 2.52. The molecular weight excluding hydrogens is 284 g/mol. The second-order valence-corrected chi connectivity index (χ2v) is 8.31. The Morgan fingerprint density at radius 2 is 1.65 bits per heavy atom. The summed E-state index contributed by atoms with van der Waals surface area (Å²) in [6.45, 7) is 2.83. The zero-order valence-corrected chi connectivity index (χ0v) is 14.1. The molecule has 1 atom stereocenters. The minimum atomic E-state index is -0.0166. The highest BCUT2D eigenvalue weighted by Crippen LogP contribution is 2.61. The Kier molecular flexibility index (Phi) is 3.82. The van der Waals surface area contributed by atoms with Gasteiger partial charge in [-0.3, -0.25) is 0 Å². The van der Waals surface area contributed by atoms with Crippen molar-refractivity contribution < 1.29 is 4.79 Å². The molecule has 4 aliphatic carbocycles. The molecule has 5 rings (SSSR count). The first-order valence-electron chi connectivity index (χ1n) is 9.21. The molecule has 0 heterocycles. The zero-order valence-electron chi connectivity index (χ0n) is 14.1. The lowest BCUT2D eigenvalue weighted by Gasteiger charge is -2.59. The average molecular weight is 312 g/mol. The zero-order chi connectivity index (χ0) is 15.9. The van der Waals surface area contributed by atoms with Crippen molar-refractivity contribution in [3.63, 3.8) is 0 Å². The quantitative estimate of drug-likeness (QED) is 0.864. The molecule has 1 aromatic carbocycles. The number of hydrogen-bond donors (Lipinski definition) is 2. The van der Waals surface area contributed by atoms with Crippen LogP contribution in [0.2, 0.25) is 0 Å². The normalized spacial score (nSPS) is 35.8. The van der Waals surface area contributed by atoms with Crippen LogP contribution in [0.5, 0.6) is 0 Å². The van der Waals surface area contributed by atoms with Crippen LogP contribution >= 0.6 is 0 Å². The van der Waals surface area contributed by atoms with E-state index in [0.29, 0.717) is 12.0 Å². The molecule has 4 saturated carbocycles. The molecule has 2 N–H and O–H groups in total.